The molecule has 0 aromatic carbocycles. The molecule has 2 amide bonds. The van der Waals surface area contributed by atoms with E-state index in [-0.39, 0.29) is 25.0 Å². The van der Waals surface area contributed by atoms with Crippen molar-refractivity contribution >= 4 is 12.0 Å². The van der Waals surface area contributed by atoms with Crippen molar-refractivity contribution in [1.82, 2.24) is 15.2 Å². The van der Waals surface area contributed by atoms with Gasteiger partial charge in [0.25, 0.3) is 0 Å². The third kappa shape index (κ3) is 4.21. The second kappa shape index (κ2) is 7.10. The van der Waals surface area contributed by atoms with E-state index in [0.717, 1.165) is 31.4 Å². The van der Waals surface area contributed by atoms with Gasteiger partial charge in [0.1, 0.15) is 5.76 Å². The van der Waals surface area contributed by atoms with Gasteiger partial charge in [-0.05, 0) is 19.3 Å². The van der Waals surface area contributed by atoms with Crippen LogP contribution in [0.4, 0.5) is 4.79 Å². The Bertz CT molecular complexity index is 500. The van der Waals surface area contributed by atoms with Gasteiger partial charge < -0.3 is 19.7 Å². The third-order valence-corrected chi connectivity index (χ3v) is 3.64. The van der Waals surface area contributed by atoms with E-state index in [1.807, 2.05) is 6.92 Å². The fraction of sp³-hybridized carbons (Fsp3) is 0.643. The molecule has 2 N–H and O–H groups in total. The number of aromatic nitrogens is 1. The van der Waals surface area contributed by atoms with Crippen molar-refractivity contribution in [2.24, 2.45) is 0 Å². The molecule has 7 heteroatoms. The summed E-state index contributed by atoms with van der Waals surface area (Å²) in [5.41, 5.74) is 0. The fourth-order valence-electron chi connectivity index (χ4n) is 2.53. The number of hydrogen-bond acceptors (Lipinski definition) is 4. The minimum Gasteiger partial charge on any atom is -0.481 e. The molecular weight excluding hydrogens is 274 g/mol. The standard InChI is InChI=1S/C14H21N3O4/c1-2-11-8-15-12(21-11)9-16-14(20)17-6-4-3-5-10(17)7-13(18)19/h8,10H,2-7,9H2,1H3,(H,16,20)(H,18,19). The lowest BCUT2D eigenvalue weighted by Crippen LogP contribution is -2.49. The number of nitrogens with one attached hydrogen (secondary N) is 1. The molecule has 1 unspecified atom stereocenters. The van der Waals surface area contributed by atoms with E-state index in [4.69, 9.17) is 9.52 Å². The first-order chi connectivity index (χ1) is 10.1. The van der Waals surface area contributed by atoms with Crippen molar-refractivity contribution in [3.8, 4) is 0 Å². The summed E-state index contributed by atoms with van der Waals surface area (Å²) in [7, 11) is 0. The van der Waals surface area contributed by atoms with Crippen LogP contribution in [-0.4, -0.2) is 39.6 Å². The first-order valence-electron chi connectivity index (χ1n) is 7.30. The molecule has 0 bridgehead atoms. The number of piperidine rings is 1. The van der Waals surface area contributed by atoms with E-state index in [2.05, 4.69) is 10.3 Å². The summed E-state index contributed by atoms with van der Waals surface area (Å²) in [5, 5.41) is 11.7. The van der Waals surface area contributed by atoms with Gasteiger partial charge in [0.05, 0.1) is 19.2 Å². The molecule has 2 rings (SSSR count). The maximum Gasteiger partial charge on any atom is 0.318 e. The van der Waals surface area contributed by atoms with Crippen molar-refractivity contribution in [3.63, 3.8) is 0 Å². The van der Waals surface area contributed by atoms with E-state index in [1.165, 1.54) is 0 Å². The maximum absolute atomic E-state index is 12.2. The number of carbonyl (C=O) groups excluding carboxylic acids is 1. The molecule has 0 aliphatic carbocycles. The smallest absolute Gasteiger partial charge is 0.318 e. The number of carboxylic acid groups (broad SMARTS) is 1. The van der Waals surface area contributed by atoms with Crippen molar-refractivity contribution in [2.45, 2.75) is 51.6 Å². The number of carboxylic acids is 1. The molecule has 1 aromatic rings. The van der Waals surface area contributed by atoms with Crippen LogP contribution in [0.5, 0.6) is 0 Å². The number of amides is 2. The van der Waals surface area contributed by atoms with Crippen LogP contribution < -0.4 is 5.32 Å². The number of likely N-dealkylation sites (tertiary alicyclic amines) is 1. The molecule has 0 spiro atoms. The molecule has 1 saturated heterocycles. The third-order valence-electron chi connectivity index (χ3n) is 3.64. The van der Waals surface area contributed by atoms with Crippen LogP contribution >= 0.6 is 0 Å². The van der Waals surface area contributed by atoms with Crippen molar-refractivity contribution in [1.29, 1.82) is 0 Å². The summed E-state index contributed by atoms with van der Waals surface area (Å²) in [6.07, 6.45) is 5.00. The van der Waals surface area contributed by atoms with Gasteiger partial charge in [-0.1, -0.05) is 6.92 Å². The molecule has 0 radical (unpaired) electrons. The maximum atomic E-state index is 12.2. The van der Waals surface area contributed by atoms with Crippen LogP contribution in [0.1, 0.15) is 44.3 Å². The second-order valence-corrected chi connectivity index (χ2v) is 5.17. The zero-order chi connectivity index (χ0) is 15.2. The van der Waals surface area contributed by atoms with Crippen LogP contribution in [0.15, 0.2) is 10.6 Å². The predicted octanol–water partition coefficient (Wildman–Crippen LogP) is 1.78. The molecule has 7 nitrogen and oxygen atoms in total. The number of carbonyl (C=O) groups is 2. The summed E-state index contributed by atoms with van der Waals surface area (Å²) in [6, 6.07) is -0.482. The SMILES string of the molecule is CCc1cnc(CNC(=O)N2CCCCC2CC(=O)O)o1. The molecule has 116 valence electrons. The Balaban J connectivity index is 1.89. The lowest BCUT2D eigenvalue weighted by Gasteiger charge is -2.34. The minimum atomic E-state index is -0.875. The highest BCUT2D eigenvalue weighted by Gasteiger charge is 2.28. The van der Waals surface area contributed by atoms with E-state index in [0.29, 0.717) is 12.4 Å². The number of aliphatic carboxylic acids is 1. The highest BCUT2D eigenvalue weighted by Crippen LogP contribution is 2.19. The Hall–Kier alpha value is -2.05. The quantitative estimate of drug-likeness (QED) is 0.863. The molecule has 1 aromatic heterocycles. The van der Waals surface area contributed by atoms with E-state index in [9.17, 15) is 9.59 Å². The zero-order valence-corrected chi connectivity index (χ0v) is 12.2. The van der Waals surface area contributed by atoms with E-state index in [1.54, 1.807) is 11.1 Å². The highest BCUT2D eigenvalue weighted by molar-refractivity contribution is 5.76. The summed E-state index contributed by atoms with van der Waals surface area (Å²) >= 11 is 0. The Labute approximate surface area is 123 Å². The number of oxazole rings is 1. The molecular formula is C14H21N3O4. The first kappa shape index (κ1) is 15.3. The first-order valence-corrected chi connectivity index (χ1v) is 7.30. The van der Waals surface area contributed by atoms with Gasteiger partial charge in [0.2, 0.25) is 5.89 Å². The van der Waals surface area contributed by atoms with Gasteiger partial charge in [-0.15, -0.1) is 0 Å². The topological polar surface area (TPSA) is 95.7 Å². The average molecular weight is 295 g/mol. The van der Waals surface area contributed by atoms with Crippen LogP contribution in [0.2, 0.25) is 0 Å². The van der Waals surface area contributed by atoms with Crippen LogP contribution in [-0.2, 0) is 17.8 Å². The number of aryl methyl sites for hydroxylation is 1. The summed E-state index contributed by atoms with van der Waals surface area (Å²) in [5.74, 6) is 0.368. The Morgan fingerprint density at radius 3 is 3.00 bits per heavy atom. The molecule has 1 aliphatic rings. The van der Waals surface area contributed by atoms with Crippen molar-refractivity contribution in [2.75, 3.05) is 6.54 Å². The van der Waals surface area contributed by atoms with Gasteiger partial charge in [-0.25, -0.2) is 9.78 Å². The lowest BCUT2D eigenvalue weighted by atomic mass is 10.00. The largest absolute Gasteiger partial charge is 0.481 e. The normalized spacial score (nSPS) is 18.5. The number of hydrogen-bond donors (Lipinski definition) is 2. The van der Waals surface area contributed by atoms with Gasteiger partial charge in [-0.3, -0.25) is 4.79 Å². The summed E-state index contributed by atoms with van der Waals surface area (Å²) in [4.78, 5) is 28.7. The molecule has 2 heterocycles. The number of rotatable bonds is 5. The predicted molar refractivity (Wildman–Crippen MR) is 74.7 cm³/mol. The Morgan fingerprint density at radius 1 is 1.52 bits per heavy atom. The summed E-state index contributed by atoms with van der Waals surface area (Å²) < 4.78 is 5.42. The Kier molecular flexibility index (Phi) is 5.19. The van der Waals surface area contributed by atoms with Crippen LogP contribution in [0.25, 0.3) is 0 Å². The van der Waals surface area contributed by atoms with E-state index < -0.39 is 5.97 Å². The average Bonchev–Trinajstić information content (AvgIpc) is 2.93. The summed E-state index contributed by atoms with van der Waals surface area (Å²) in [6.45, 7) is 2.78. The Morgan fingerprint density at radius 2 is 2.33 bits per heavy atom. The highest BCUT2D eigenvalue weighted by atomic mass is 16.4. The molecule has 21 heavy (non-hydrogen) atoms. The molecule has 1 aliphatic heterocycles. The second-order valence-electron chi connectivity index (χ2n) is 5.17. The van der Waals surface area contributed by atoms with Gasteiger partial charge in [0.15, 0.2) is 0 Å². The minimum absolute atomic E-state index is 0.00753. The number of nitrogens with zero attached hydrogens (tertiary/aromatic N) is 2. The van der Waals surface area contributed by atoms with Gasteiger partial charge >= 0.3 is 12.0 Å². The van der Waals surface area contributed by atoms with Gasteiger partial charge in [-0.2, -0.15) is 0 Å². The fourth-order valence-corrected chi connectivity index (χ4v) is 2.53. The zero-order valence-electron chi connectivity index (χ0n) is 12.2. The lowest BCUT2D eigenvalue weighted by molar-refractivity contribution is -0.138. The number of urea groups is 1. The van der Waals surface area contributed by atoms with Crippen molar-refractivity contribution < 1.29 is 19.1 Å². The van der Waals surface area contributed by atoms with E-state index >= 15 is 0 Å². The van der Waals surface area contributed by atoms with Gasteiger partial charge in [0, 0.05) is 19.0 Å². The van der Waals surface area contributed by atoms with Crippen molar-refractivity contribution in [3.05, 3.63) is 17.8 Å². The molecule has 1 atom stereocenters. The molecule has 0 saturated carbocycles. The van der Waals surface area contributed by atoms with Crippen LogP contribution in [0.3, 0.4) is 0 Å². The van der Waals surface area contributed by atoms with Crippen LogP contribution in [0, 0.1) is 0 Å². The molecule has 1 fully saturated rings. The monoisotopic (exact) mass is 295 g/mol.